The van der Waals surface area contributed by atoms with Crippen molar-refractivity contribution in [3.8, 4) is 0 Å². The van der Waals surface area contributed by atoms with Gasteiger partial charge in [-0.1, -0.05) is 0 Å². The van der Waals surface area contributed by atoms with Gasteiger partial charge in [0.25, 0.3) is 0 Å². The molecule has 22 heavy (non-hydrogen) atoms. The Labute approximate surface area is 149 Å². The maximum atomic E-state index is 9.92. The van der Waals surface area contributed by atoms with Crippen LogP contribution in [0.3, 0.4) is 0 Å². The summed E-state index contributed by atoms with van der Waals surface area (Å²) in [6.45, 7) is 7.44. The van der Waals surface area contributed by atoms with Crippen molar-refractivity contribution in [3.63, 3.8) is 0 Å². The highest BCUT2D eigenvalue weighted by Gasteiger charge is 2.09. The van der Waals surface area contributed by atoms with Crippen LogP contribution in [-0.4, -0.2) is 43.9 Å². The van der Waals surface area contributed by atoms with Crippen molar-refractivity contribution in [3.05, 3.63) is 24.2 Å². The highest BCUT2D eigenvalue weighted by molar-refractivity contribution is 14.0. The van der Waals surface area contributed by atoms with E-state index in [1.807, 2.05) is 13.8 Å². The number of aliphatic hydroxyl groups excluding tert-OH is 1. The Hall–Kier alpha value is -0.800. The molecule has 1 aromatic heterocycles. The van der Waals surface area contributed by atoms with E-state index in [9.17, 15) is 5.11 Å². The molecule has 0 aliphatic heterocycles. The molecule has 0 aliphatic carbocycles. The van der Waals surface area contributed by atoms with Crippen molar-refractivity contribution in [2.24, 2.45) is 4.99 Å². The molecule has 0 amide bonds. The zero-order chi connectivity index (χ0) is 15.3. The molecule has 128 valence electrons. The van der Waals surface area contributed by atoms with E-state index in [1.165, 1.54) is 0 Å². The normalized spacial score (nSPS) is 12.6. The molecule has 1 rings (SSSR count). The number of nitrogens with zero attached hydrogens (tertiary/aromatic N) is 1. The van der Waals surface area contributed by atoms with Crippen molar-refractivity contribution in [1.29, 1.82) is 0 Å². The lowest BCUT2D eigenvalue weighted by Gasteiger charge is -2.12. The summed E-state index contributed by atoms with van der Waals surface area (Å²) >= 11 is 0. The Balaban J connectivity index is 0.00000441. The molecule has 0 aliphatic rings. The number of aliphatic imine (C=N–C) groups is 1. The first-order chi connectivity index (χ1) is 10.3. The second kappa shape index (κ2) is 13.8. The predicted octanol–water partition coefficient (Wildman–Crippen LogP) is 2.30. The minimum atomic E-state index is -0.714. The van der Waals surface area contributed by atoms with E-state index >= 15 is 0 Å². The summed E-state index contributed by atoms with van der Waals surface area (Å²) in [6.07, 6.45) is 2.87. The SMILES string of the molecule is CCNC(=NCC(O)c1ccco1)NCCCCOCC.I. The highest BCUT2D eigenvalue weighted by atomic mass is 127. The number of rotatable bonds is 10. The number of furan rings is 1. The van der Waals surface area contributed by atoms with Crippen LogP contribution in [0.4, 0.5) is 0 Å². The van der Waals surface area contributed by atoms with Gasteiger partial charge < -0.3 is 24.9 Å². The molecule has 1 heterocycles. The molecule has 0 fully saturated rings. The molecule has 0 spiro atoms. The third-order valence-electron chi connectivity index (χ3n) is 2.85. The molecular weight excluding hydrogens is 397 g/mol. The number of nitrogens with one attached hydrogen (secondary N) is 2. The molecule has 0 bridgehead atoms. The molecule has 0 saturated heterocycles. The molecule has 0 aromatic carbocycles. The van der Waals surface area contributed by atoms with Crippen LogP contribution in [-0.2, 0) is 4.74 Å². The van der Waals surface area contributed by atoms with Gasteiger partial charge in [-0.25, -0.2) is 0 Å². The van der Waals surface area contributed by atoms with Crippen LogP contribution in [0.5, 0.6) is 0 Å². The predicted molar refractivity (Wildman–Crippen MR) is 98.8 cm³/mol. The summed E-state index contributed by atoms with van der Waals surface area (Å²) < 4.78 is 10.4. The van der Waals surface area contributed by atoms with Crippen LogP contribution in [0.15, 0.2) is 27.8 Å². The quantitative estimate of drug-likeness (QED) is 0.232. The largest absolute Gasteiger partial charge is 0.467 e. The molecule has 6 nitrogen and oxygen atoms in total. The van der Waals surface area contributed by atoms with Crippen LogP contribution in [0.25, 0.3) is 0 Å². The van der Waals surface area contributed by atoms with Crippen molar-refractivity contribution >= 4 is 29.9 Å². The van der Waals surface area contributed by atoms with Crippen LogP contribution in [0.1, 0.15) is 38.6 Å². The lowest BCUT2D eigenvalue weighted by molar-refractivity contribution is 0.143. The second-order valence-electron chi connectivity index (χ2n) is 4.58. The number of aliphatic hydroxyl groups is 1. The standard InChI is InChI=1S/C15H27N3O3.HI/c1-3-16-15(17-9-5-6-10-20-4-2)18-12-13(19)14-8-7-11-21-14;/h7-8,11,13,19H,3-6,9-10,12H2,1-2H3,(H2,16,17,18);1H. The third kappa shape index (κ3) is 9.26. The summed E-state index contributed by atoms with van der Waals surface area (Å²) in [4.78, 5) is 4.36. The van der Waals surface area contributed by atoms with E-state index in [0.29, 0.717) is 11.7 Å². The van der Waals surface area contributed by atoms with Gasteiger partial charge >= 0.3 is 0 Å². The highest BCUT2D eigenvalue weighted by Crippen LogP contribution is 2.12. The van der Waals surface area contributed by atoms with Gasteiger partial charge in [-0.05, 0) is 38.8 Å². The summed E-state index contributed by atoms with van der Waals surface area (Å²) in [6, 6.07) is 3.50. The molecular formula is C15H28IN3O3. The van der Waals surface area contributed by atoms with E-state index in [4.69, 9.17) is 9.15 Å². The molecule has 3 N–H and O–H groups in total. The van der Waals surface area contributed by atoms with Gasteiger partial charge in [0.05, 0.1) is 12.8 Å². The van der Waals surface area contributed by atoms with Crippen molar-refractivity contribution in [2.45, 2.75) is 32.8 Å². The number of halogens is 1. The lowest BCUT2D eigenvalue weighted by Crippen LogP contribution is -2.38. The zero-order valence-corrected chi connectivity index (χ0v) is 15.7. The van der Waals surface area contributed by atoms with Gasteiger partial charge in [0.1, 0.15) is 11.9 Å². The van der Waals surface area contributed by atoms with E-state index in [2.05, 4.69) is 15.6 Å². The molecule has 0 radical (unpaired) electrons. The number of ether oxygens (including phenoxy) is 1. The molecule has 0 saturated carbocycles. The zero-order valence-electron chi connectivity index (χ0n) is 13.4. The average molecular weight is 425 g/mol. The first kappa shape index (κ1) is 21.2. The van der Waals surface area contributed by atoms with Gasteiger partial charge in [-0.15, -0.1) is 24.0 Å². The van der Waals surface area contributed by atoms with Gasteiger partial charge in [-0.2, -0.15) is 0 Å². The van der Waals surface area contributed by atoms with E-state index in [1.54, 1.807) is 18.4 Å². The van der Waals surface area contributed by atoms with Crippen LogP contribution >= 0.6 is 24.0 Å². The number of unbranched alkanes of at least 4 members (excludes halogenated alkanes) is 1. The Morgan fingerprint density at radius 3 is 2.82 bits per heavy atom. The molecule has 1 unspecified atom stereocenters. The fraction of sp³-hybridized carbons (Fsp3) is 0.667. The summed E-state index contributed by atoms with van der Waals surface area (Å²) in [5.74, 6) is 1.24. The number of hydrogen-bond acceptors (Lipinski definition) is 4. The van der Waals surface area contributed by atoms with Crippen molar-refractivity contribution in [1.82, 2.24) is 10.6 Å². The smallest absolute Gasteiger partial charge is 0.191 e. The van der Waals surface area contributed by atoms with Gasteiger partial charge in [-0.3, -0.25) is 4.99 Å². The Morgan fingerprint density at radius 1 is 1.36 bits per heavy atom. The fourth-order valence-corrected chi connectivity index (χ4v) is 1.77. The first-order valence-electron chi connectivity index (χ1n) is 7.59. The average Bonchev–Trinajstić information content (AvgIpc) is 3.02. The fourth-order valence-electron chi connectivity index (χ4n) is 1.77. The molecule has 1 atom stereocenters. The summed E-state index contributed by atoms with van der Waals surface area (Å²) in [5.41, 5.74) is 0. The summed E-state index contributed by atoms with van der Waals surface area (Å²) in [5, 5.41) is 16.3. The maximum Gasteiger partial charge on any atom is 0.191 e. The Bertz CT molecular complexity index is 385. The Kier molecular flexibility index (Phi) is 13.3. The van der Waals surface area contributed by atoms with Crippen LogP contribution in [0, 0.1) is 0 Å². The second-order valence-corrected chi connectivity index (χ2v) is 4.58. The van der Waals surface area contributed by atoms with Gasteiger partial charge in [0.15, 0.2) is 5.96 Å². The van der Waals surface area contributed by atoms with Crippen molar-refractivity contribution < 1.29 is 14.3 Å². The van der Waals surface area contributed by atoms with E-state index < -0.39 is 6.10 Å². The van der Waals surface area contributed by atoms with E-state index in [0.717, 1.165) is 39.1 Å². The minimum absolute atomic E-state index is 0. The minimum Gasteiger partial charge on any atom is -0.467 e. The van der Waals surface area contributed by atoms with Gasteiger partial charge in [0, 0.05) is 26.3 Å². The lowest BCUT2D eigenvalue weighted by atomic mass is 10.3. The third-order valence-corrected chi connectivity index (χ3v) is 2.85. The number of hydrogen-bond donors (Lipinski definition) is 3. The van der Waals surface area contributed by atoms with Gasteiger partial charge in [0.2, 0.25) is 0 Å². The Morgan fingerprint density at radius 2 is 2.18 bits per heavy atom. The monoisotopic (exact) mass is 425 g/mol. The van der Waals surface area contributed by atoms with Crippen molar-refractivity contribution in [2.75, 3.05) is 32.8 Å². The van der Waals surface area contributed by atoms with E-state index in [-0.39, 0.29) is 30.5 Å². The molecule has 7 heteroatoms. The maximum absolute atomic E-state index is 9.92. The topological polar surface area (TPSA) is 79.0 Å². The van der Waals surface area contributed by atoms with Crippen LogP contribution in [0.2, 0.25) is 0 Å². The molecule has 1 aromatic rings. The summed E-state index contributed by atoms with van der Waals surface area (Å²) in [7, 11) is 0. The first-order valence-corrected chi connectivity index (χ1v) is 7.59. The number of guanidine groups is 1. The van der Waals surface area contributed by atoms with Crippen LogP contribution < -0.4 is 10.6 Å².